The summed E-state index contributed by atoms with van der Waals surface area (Å²) in [6, 6.07) is 9.46. The number of carbonyl (C=O) groups excluding carboxylic acids is 3. The molecule has 0 radical (unpaired) electrons. The van der Waals surface area contributed by atoms with Gasteiger partial charge in [-0.3, -0.25) is 9.52 Å². The molecule has 0 saturated heterocycles. The molecule has 0 unspecified atom stereocenters. The van der Waals surface area contributed by atoms with E-state index in [9.17, 15) is 22.8 Å². The molecule has 1 aliphatic rings. The third-order valence-corrected chi connectivity index (χ3v) is 7.19. The molecule has 194 valence electrons. The van der Waals surface area contributed by atoms with Crippen LogP contribution in [0, 0.1) is 0 Å². The summed E-state index contributed by atoms with van der Waals surface area (Å²) in [6.07, 6.45) is 4.56. The molecule has 2 N–H and O–H groups in total. The zero-order valence-corrected chi connectivity index (χ0v) is 21.2. The Morgan fingerprint density at radius 1 is 0.889 bits per heavy atom. The highest BCUT2D eigenvalue weighted by Crippen LogP contribution is 2.23. The van der Waals surface area contributed by atoms with Crippen molar-refractivity contribution in [1.82, 2.24) is 5.32 Å². The highest BCUT2D eigenvalue weighted by molar-refractivity contribution is 7.92. The van der Waals surface area contributed by atoms with Gasteiger partial charge in [0.25, 0.3) is 15.9 Å². The van der Waals surface area contributed by atoms with Crippen LogP contribution < -0.4 is 14.8 Å². The van der Waals surface area contributed by atoms with E-state index in [1.807, 2.05) is 0 Å². The van der Waals surface area contributed by atoms with Gasteiger partial charge in [0.15, 0.2) is 6.10 Å². The Labute approximate surface area is 210 Å². The Bertz CT molecular complexity index is 1170. The molecule has 1 aliphatic carbocycles. The molecule has 1 saturated carbocycles. The smallest absolute Gasteiger partial charge is 0.337 e. The maximum atomic E-state index is 12.9. The zero-order chi connectivity index (χ0) is 26.3. The second kappa shape index (κ2) is 11.9. The van der Waals surface area contributed by atoms with E-state index in [2.05, 4.69) is 19.5 Å². The Morgan fingerprint density at radius 3 is 1.97 bits per heavy atom. The summed E-state index contributed by atoms with van der Waals surface area (Å²) in [4.78, 5) is 36.3. The quantitative estimate of drug-likeness (QED) is 0.483. The second-order valence-electron chi connectivity index (χ2n) is 8.46. The third-order valence-electron chi connectivity index (χ3n) is 5.80. The van der Waals surface area contributed by atoms with E-state index in [1.54, 1.807) is 6.92 Å². The fourth-order valence-corrected chi connectivity index (χ4v) is 4.93. The van der Waals surface area contributed by atoms with Gasteiger partial charge < -0.3 is 19.5 Å². The van der Waals surface area contributed by atoms with Crippen LogP contribution in [-0.2, 0) is 24.3 Å². The van der Waals surface area contributed by atoms with Crippen LogP contribution >= 0.6 is 0 Å². The normalized spacial score (nSPS) is 14.9. The van der Waals surface area contributed by atoms with E-state index in [0.29, 0.717) is 5.75 Å². The number of rotatable bonds is 9. The lowest BCUT2D eigenvalue weighted by Gasteiger charge is -2.24. The molecule has 0 heterocycles. The third kappa shape index (κ3) is 6.97. The van der Waals surface area contributed by atoms with Crippen molar-refractivity contribution in [3.05, 3.63) is 53.6 Å². The zero-order valence-electron chi connectivity index (χ0n) is 20.4. The summed E-state index contributed by atoms with van der Waals surface area (Å²) in [6.45, 7) is 1.64. The molecule has 0 spiro atoms. The molecule has 1 fully saturated rings. The predicted octanol–water partition coefficient (Wildman–Crippen LogP) is 3.28. The number of methoxy groups -OCH3 is 2. The highest BCUT2D eigenvalue weighted by atomic mass is 32.2. The van der Waals surface area contributed by atoms with Crippen LogP contribution in [0.1, 0.15) is 59.7 Å². The summed E-state index contributed by atoms with van der Waals surface area (Å²) >= 11 is 0. The molecule has 2 aromatic carbocycles. The maximum absolute atomic E-state index is 12.9. The van der Waals surface area contributed by atoms with Gasteiger partial charge in [0.05, 0.1) is 35.9 Å². The second-order valence-corrected chi connectivity index (χ2v) is 10.1. The van der Waals surface area contributed by atoms with E-state index in [4.69, 9.17) is 4.74 Å². The Balaban J connectivity index is 1.70. The molecule has 11 heteroatoms. The summed E-state index contributed by atoms with van der Waals surface area (Å²) in [5.41, 5.74) is -0.0729. The molecule has 0 bridgehead atoms. The topological polar surface area (TPSA) is 137 Å². The number of benzene rings is 2. The summed E-state index contributed by atoms with van der Waals surface area (Å²) in [5.74, 6) is -1.37. The van der Waals surface area contributed by atoms with Gasteiger partial charge in [-0.05, 0) is 62.2 Å². The Hall–Kier alpha value is -3.60. The number of anilines is 1. The lowest BCUT2D eigenvalue weighted by atomic mass is 9.95. The summed E-state index contributed by atoms with van der Waals surface area (Å²) < 4.78 is 43.2. The summed E-state index contributed by atoms with van der Waals surface area (Å²) in [7, 11) is -1.75. The number of amides is 1. The first-order valence-electron chi connectivity index (χ1n) is 11.5. The number of nitrogens with one attached hydrogen (secondary N) is 2. The predicted molar refractivity (Wildman–Crippen MR) is 131 cm³/mol. The van der Waals surface area contributed by atoms with Crippen molar-refractivity contribution in [2.45, 2.75) is 56.1 Å². The van der Waals surface area contributed by atoms with E-state index < -0.39 is 28.1 Å². The average molecular weight is 519 g/mol. The molecule has 1 amide bonds. The van der Waals surface area contributed by atoms with Crippen LogP contribution in [0.3, 0.4) is 0 Å². The van der Waals surface area contributed by atoms with E-state index in [1.165, 1.54) is 63.1 Å². The monoisotopic (exact) mass is 518 g/mol. The van der Waals surface area contributed by atoms with Crippen molar-refractivity contribution in [1.29, 1.82) is 0 Å². The van der Waals surface area contributed by atoms with Crippen LogP contribution in [0.2, 0.25) is 0 Å². The molecule has 10 nitrogen and oxygen atoms in total. The van der Waals surface area contributed by atoms with E-state index >= 15 is 0 Å². The Morgan fingerprint density at radius 2 is 1.44 bits per heavy atom. The van der Waals surface area contributed by atoms with Crippen molar-refractivity contribution in [3.8, 4) is 5.75 Å². The number of esters is 2. The summed E-state index contributed by atoms with van der Waals surface area (Å²) in [5, 5.41) is 3.00. The highest BCUT2D eigenvalue weighted by Gasteiger charge is 2.22. The van der Waals surface area contributed by atoms with Crippen molar-refractivity contribution >= 4 is 33.6 Å². The van der Waals surface area contributed by atoms with Gasteiger partial charge in [-0.2, -0.15) is 0 Å². The number of sulfonamides is 1. The van der Waals surface area contributed by atoms with E-state index in [-0.39, 0.29) is 33.7 Å². The minimum absolute atomic E-state index is 0.0216. The number of hydrogen-bond acceptors (Lipinski definition) is 8. The van der Waals surface area contributed by atoms with Crippen LogP contribution in [0.15, 0.2) is 47.4 Å². The molecule has 0 aliphatic heterocycles. The minimum atomic E-state index is -4.08. The number of hydrogen-bond donors (Lipinski definition) is 2. The molecule has 2 aromatic rings. The molecule has 36 heavy (non-hydrogen) atoms. The van der Waals surface area contributed by atoms with Gasteiger partial charge in [-0.25, -0.2) is 18.0 Å². The lowest BCUT2D eigenvalue weighted by Crippen LogP contribution is -2.43. The van der Waals surface area contributed by atoms with Gasteiger partial charge in [0.2, 0.25) is 0 Å². The van der Waals surface area contributed by atoms with Gasteiger partial charge in [-0.15, -0.1) is 0 Å². The SMILES string of the molecule is COC(=O)c1cc(NS(=O)(=O)c2ccc(O[C@H](C)C(=O)NC3CCCCC3)cc2)cc(C(=O)OC)c1. The van der Waals surface area contributed by atoms with Gasteiger partial charge in [0, 0.05) is 6.04 Å². The molecular weight excluding hydrogens is 488 g/mol. The standard InChI is InChI=1S/C25H30N2O8S/c1-16(23(28)26-19-7-5-4-6-8-19)35-21-9-11-22(12-10-21)36(31,32)27-20-14-17(24(29)33-2)13-18(15-20)25(30)34-3/h9-16,19,27H,4-8H2,1-3H3,(H,26,28)/t16-/m1/s1. The molecule has 1 atom stereocenters. The lowest BCUT2D eigenvalue weighted by molar-refractivity contribution is -0.128. The number of carbonyl (C=O) groups is 3. The van der Waals surface area contributed by atoms with E-state index in [0.717, 1.165) is 25.7 Å². The van der Waals surface area contributed by atoms with Crippen LogP contribution in [-0.4, -0.2) is 52.6 Å². The molecular formula is C25H30N2O8S. The largest absolute Gasteiger partial charge is 0.481 e. The van der Waals surface area contributed by atoms with Gasteiger partial charge in [0.1, 0.15) is 5.75 Å². The fraction of sp³-hybridized carbons (Fsp3) is 0.400. The van der Waals surface area contributed by atoms with Crippen LogP contribution in [0.25, 0.3) is 0 Å². The molecule has 3 rings (SSSR count). The number of ether oxygens (including phenoxy) is 3. The molecule has 0 aromatic heterocycles. The van der Waals surface area contributed by atoms with Crippen molar-refractivity contribution in [3.63, 3.8) is 0 Å². The average Bonchev–Trinajstić information content (AvgIpc) is 2.88. The van der Waals surface area contributed by atoms with Crippen LogP contribution in [0.5, 0.6) is 5.75 Å². The maximum Gasteiger partial charge on any atom is 0.337 e. The van der Waals surface area contributed by atoms with Crippen LogP contribution in [0.4, 0.5) is 5.69 Å². The van der Waals surface area contributed by atoms with Crippen molar-refractivity contribution in [2.75, 3.05) is 18.9 Å². The van der Waals surface area contributed by atoms with Gasteiger partial charge in [-0.1, -0.05) is 19.3 Å². The fourth-order valence-electron chi connectivity index (χ4n) is 3.89. The van der Waals surface area contributed by atoms with Crippen molar-refractivity contribution in [2.24, 2.45) is 0 Å². The Kier molecular flexibility index (Phi) is 8.92. The first kappa shape index (κ1) is 27.0. The van der Waals surface area contributed by atoms with Crippen molar-refractivity contribution < 1.29 is 37.0 Å². The van der Waals surface area contributed by atoms with Gasteiger partial charge >= 0.3 is 11.9 Å². The minimum Gasteiger partial charge on any atom is -0.481 e. The first-order valence-corrected chi connectivity index (χ1v) is 13.0. The first-order chi connectivity index (χ1) is 17.1.